The van der Waals surface area contributed by atoms with Crippen LogP contribution >= 0.6 is 15.9 Å². The zero-order valence-electron chi connectivity index (χ0n) is 11.1. The zero-order valence-corrected chi connectivity index (χ0v) is 12.7. The smallest absolute Gasteiger partial charge is 0.130 e. The Morgan fingerprint density at radius 3 is 2.95 bits per heavy atom. The summed E-state index contributed by atoms with van der Waals surface area (Å²) < 4.78 is 8.94. The molecule has 0 unspecified atom stereocenters. The van der Waals surface area contributed by atoms with Crippen molar-refractivity contribution in [3.05, 3.63) is 46.5 Å². The van der Waals surface area contributed by atoms with Crippen molar-refractivity contribution in [3.8, 4) is 5.75 Å². The molecular weight excluding hydrogens is 306 g/mol. The summed E-state index contributed by atoms with van der Waals surface area (Å²) in [6, 6.07) is 5.83. The number of nitrogens with two attached hydrogens (primary N) is 1. The standard InChI is InChI=1S/C14H18BrN3O/c1-3-18-9-17-7-12(18)8-19-14-5-4-11(15)6-13(14)10(2)16/h4-7,9-10H,3,8,16H2,1-2H3/t10-/m1/s1. The molecule has 0 aliphatic heterocycles. The maximum absolute atomic E-state index is 5.97. The Morgan fingerprint density at radius 2 is 2.26 bits per heavy atom. The van der Waals surface area contributed by atoms with E-state index in [1.54, 1.807) is 0 Å². The third kappa shape index (κ3) is 3.36. The van der Waals surface area contributed by atoms with Crippen molar-refractivity contribution in [1.29, 1.82) is 0 Å². The number of nitrogens with zero attached hydrogens (tertiary/aromatic N) is 2. The van der Waals surface area contributed by atoms with E-state index in [1.807, 2.05) is 37.6 Å². The molecule has 2 rings (SSSR count). The average Bonchev–Trinajstić information content (AvgIpc) is 2.84. The van der Waals surface area contributed by atoms with Gasteiger partial charge in [0.1, 0.15) is 12.4 Å². The van der Waals surface area contributed by atoms with Crippen molar-refractivity contribution in [3.63, 3.8) is 0 Å². The molecule has 0 fully saturated rings. The molecule has 1 heterocycles. The van der Waals surface area contributed by atoms with Crippen LogP contribution in [0.1, 0.15) is 31.1 Å². The molecule has 0 saturated carbocycles. The van der Waals surface area contributed by atoms with Gasteiger partial charge in [-0.2, -0.15) is 0 Å². The predicted molar refractivity (Wildman–Crippen MR) is 79.0 cm³/mol. The van der Waals surface area contributed by atoms with Crippen molar-refractivity contribution >= 4 is 15.9 Å². The minimum Gasteiger partial charge on any atom is -0.487 e. The fraction of sp³-hybridized carbons (Fsp3) is 0.357. The number of aromatic nitrogens is 2. The van der Waals surface area contributed by atoms with Crippen LogP contribution in [0.25, 0.3) is 0 Å². The summed E-state index contributed by atoms with van der Waals surface area (Å²) >= 11 is 3.45. The number of hydrogen-bond acceptors (Lipinski definition) is 3. The van der Waals surface area contributed by atoms with Crippen LogP contribution in [0.5, 0.6) is 5.75 Å². The average molecular weight is 324 g/mol. The first-order valence-corrected chi connectivity index (χ1v) is 7.08. The highest BCUT2D eigenvalue weighted by molar-refractivity contribution is 9.10. The lowest BCUT2D eigenvalue weighted by molar-refractivity contribution is 0.291. The molecule has 0 bridgehead atoms. The number of hydrogen-bond donors (Lipinski definition) is 1. The van der Waals surface area contributed by atoms with Gasteiger partial charge in [0.15, 0.2) is 0 Å². The third-order valence-corrected chi connectivity index (χ3v) is 3.47. The van der Waals surface area contributed by atoms with Gasteiger partial charge in [0, 0.05) is 22.6 Å². The Bertz CT molecular complexity index is 551. The Labute approximate surface area is 121 Å². The van der Waals surface area contributed by atoms with Crippen molar-refractivity contribution in [1.82, 2.24) is 9.55 Å². The Morgan fingerprint density at radius 1 is 1.47 bits per heavy atom. The molecule has 0 aliphatic carbocycles. The van der Waals surface area contributed by atoms with Crippen LogP contribution in [-0.2, 0) is 13.2 Å². The van der Waals surface area contributed by atoms with Crippen molar-refractivity contribution < 1.29 is 4.74 Å². The van der Waals surface area contributed by atoms with E-state index in [9.17, 15) is 0 Å². The van der Waals surface area contributed by atoms with Gasteiger partial charge in [0.05, 0.1) is 18.2 Å². The van der Waals surface area contributed by atoms with Gasteiger partial charge >= 0.3 is 0 Å². The van der Waals surface area contributed by atoms with Crippen LogP contribution < -0.4 is 10.5 Å². The molecule has 2 N–H and O–H groups in total. The molecule has 2 aromatic rings. The van der Waals surface area contributed by atoms with Gasteiger partial charge in [0.25, 0.3) is 0 Å². The Kier molecular flexibility index (Phi) is 4.61. The second-order valence-electron chi connectivity index (χ2n) is 4.43. The summed E-state index contributed by atoms with van der Waals surface area (Å²) in [7, 11) is 0. The highest BCUT2D eigenvalue weighted by Crippen LogP contribution is 2.28. The predicted octanol–water partition coefficient (Wildman–Crippen LogP) is 3.26. The van der Waals surface area contributed by atoms with Gasteiger partial charge in [-0.1, -0.05) is 15.9 Å². The first-order valence-electron chi connectivity index (χ1n) is 6.28. The summed E-state index contributed by atoms with van der Waals surface area (Å²) in [4.78, 5) is 4.13. The number of ether oxygens (including phenoxy) is 1. The van der Waals surface area contributed by atoms with E-state index in [1.165, 1.54) is 0 Å². The van der Waals surface area contributed by atoms with Gasteiger partial charge in [-0.15, -0.1) is 0 Å². The highest BCUT2D eigenvalue weighted by atomic mass is 79.9. The van der Waals surface area contributed by atoms with Crippen LogP contribution in [0.2, 0.25) is 0 Å². The van der Waals surface area contributed by atoms with Crippen LogP contribution in [0.3, 0.4) is 0 Å². The molecular formula is C14H18BrN3O. The zero-order chi connectivity index (χ0) is 13.8. The molecule has 0 aliphatic rings. The maximum Gasteiger partial charge on any atom is 0.130 e. The van der Waals surface area contributed by atoms with Crippen LogP contribution in [0, 0.1) is 0 Å². The maximum atomic E-state index is 5.97. The van der Waals surface area contributed by atoms with Gasteiger partial charge in [-0.05, 0) is 32.0 Å². The van der Waals surface area contributed by atoms with Gasteiger partial charge in [-0.25, -0.2) is 4.98 Å². The normalized spacial score (nSPS) is 12.4. The number of benzene rings is 1. The number of aryl methyl sites for hydroxylation is 1. The van der Waals surface area contributed by atoms with Gasteiger partial charge in [0.2, 0.25) is 0 Å². The molecule has 19 heavy (non-hydrogen) atoms. The summed E-state index contributed by atoms with van der Waals surface area (Å²) in [6.07, 6.45) is 3.64. The van der Waals surface area contributed by atoms with E-state index in [0.29, 0.717) is 6.61 Å². The first kappa shape index (κ1) is 14.1. The molecule has 1 aromatic carbocycles. The molecule has 0 saturated heterocycles. The molecule has 0 spiro atoms. The summed E-state index contributed by atoms with van der Waals surface area (Å²) in [5.74, 6) is 0.821. The van der Waals surface area contributed by atoms with Crippen LogP contribution in [0.15, 0.2) is 35.2 Å². The first-order chi connectivity index (χ1) is 9.11. The minimum absolute atomic E-state index is 0.0661. The van der Waals surface area contributed by atoms with E-state index < -0.39 is 0 Å². The molecule has 1 atom stereocenters. The topological polar surface area (TPSA) is 53.1 Å². The lowest BCUT2D eigenvalue weighted by Crippen LogP contribution is -2.09. The molecule has 102 valence electrons. The van der Waals surface area contributed by atoms with E-state index in [2.05, 4.69) is 32.4 Å². The Hall–Kier alpha value is -1.33. The molecule has 5 heteroatoms. The van der Waals surface area contributed by atoms with E-state index in [0.717, 1.165) is 28.0 Å². The molecule has 0 radical (unpaired) electrons. The second kappa shape index (κ2) is 6.21. The van der Waals surface area contributed by atoms with Crippen LogP contribution in [0.4, 0.5) is 0 Å². The van der Waals surface area contributed by atoms with E-state index in [-0.39, 0.29) is 6.04 Å². The minimum atomic E-state index is -0.0661. The Balaban J connectivity index is 2.15. The lowest BCUT2D eigenvalue weighted by atomic mass is 10.1. The van der Waals surface area contributed by atoms with Gasteiger partial charge in [-0.3, -0.25) is 0 Å². The fourth-order valence-electron chi connectivity index (χ4n) is 1.91. The monoisotopic (exact) mass is 323 g/mol. The summed E-state index contributed by atoms with van der Waals surface area (Å²) in [5.41, 5.74) is 8.02. The largest absolute Gasteiger partial charge is 0.487 e. The fourth-order valence-corrected chi connectivity index (χ4v) is 2.29. The highest BCUT2D eigenvalue weighted by Gasteiger charge is 2.10. The van der Waals surface area contributed by atoms with Crippen molar-refractivity contribution in [2.45, 2.75) is 33.0 Å². The third-order valence-electron chi connectivity index (χ3n) is 2.98. The number of rotatable bonds is 5. The lowest BCUT2D eigenvalue weighted by Gasteiger charge is -2.15. The summed E-state index contributed by atoms with van der Waals surface area (Å²) in [5, 5.41) is 0. The molecule has 4 nitrogen and oxygen atoms in total. The van der Waals surface area contributed by atoms with E-state index in [4.69, 9.17) is 10.5 Å². The quantitative estimate of drug-likeness (QED) is 0.918. The molecule has 1 aromatic heterocycles. The van der Waals surface area contributed by atoms with Crippen molar-refractivity contribution in [2.75, 3.05) is 0 Å². The summed E-state index contributed by atoms with van der Waals surface area (Å²) in [6.45, 7) is 5.41. The number of imidazole rings is 1. The van der Waals surface area contributed by atoms with Gasteiger partial charge < -0.3 is 15.0 Å². The molecule has 0 amide bonds. The van der Waals surface area contributed by atoms with Crippen LogP contribution in [-0.4, -0.2) is 9.55 Å². The SMILES string of the molecule is CCn1cncc1COc1ccc(Br)cc1[C@@H](C)N. The van der Waals surface area contributed by atoms with Crippen molar-refractivity contribution in [2.24, 2.45) is 5.73 Å². The van der Waals surface area contributed by atoms with E-state index >= 15 is 0 Å². The number of halogens is 1. The second-order valence-corrected chi connectivity index (χ2v) is 5.35.